The van der Waals surface area contributed by atoms with Gasteiger partial charge in [0.05, 0.1) is 0 Å². The van der Waals surface area contributed by atoms with Crippen LogP contribution in [0.15, 0.2) is 170 Å². The first-order chi connectivity index (χ1) is 32.4. The third-order valence-corrected chi connectivity index (χ3v) is 14.1. The van der Waals surface area contributed by atoms with E-state index in [1.807, 2.05) is 12.3 Å². The molecule has 0 spiro atoms. The van der Waals surface area contributed by atoms with Crippen LogP contribution in [0.2, 0.25) is 0 Å². The van der Waals surface area contributed by atoms with E-state index in [1.165, 1.54) is 33.4 Å². The Bertz CT molecular complexity index is 3230. The molecule has 0 bridgehead atoms. The Kier molecular flexibility index (Phi) is 12.5. The molecule has 0 amide bonds. The number of aromatic nitrogens is 2. The van der Waals surface area contributed by atoms with E-state index in [9.17, 15) is 0 Å². The molecule has 1 aliphatic heterocycles. The average molecular weight is 1090 g/mol. The Balaban J connectivity index is 0.00000593. The zero-order valence-corrected chi connectivity index (χ0v) is 43.7. The molecule has 0 saturated carbocycles. The minimum atomic E-state index is -0.241. The molecule has 2 aromatic heterocycles. The van der Waals surface area contributed by atoms with Crippen LogP contribution in [-0.4, -0.2) is 9.55 Å². The summed E-state index contributed by atoms with van der Waals surface area (Å²) in [6.45, 7) is 25.0. The molecular formula is C63H61N4OPt-3. The Morgan fingerprint density at radius 3 is 1.80 bits per heavy atom. The largest absolute Gasteiger partial charge is 0.512 e. The fourth-order valence-electron chi connectivity index (χ4n) is 9.70. The summed E-state index contributed by atoms with van der Waals surface area (Å²) in [4.78, 5) is 7.17. The van der Waals surface area contributed by atoms with Gasteiger partial charge in [0.2, 0.25) is 0 Å². The summed E-state index contributed by atoms with van der Waals surface area (Å²) in [5.74, 6) is 2.10. The molecule has 1 N–H and O–H groups in total. The standard InChI is InChI=1S/C63H61N4O.Pt/c1-60(2,3)44-31-32-64-59(38-44)67-57-28-20-17-25-52(57)53-30-29-50(40-58(53)67)68-51-37-45(61(4,5)6)36-49(39-51)66-41-55(54-26-18-19-27-56(54)66)65-48-34-46(62(7,8)42-21-13-11-14-22-42)33-47(35-48)63(9,10)43-23-15-12-16-24-43;/h11-38,41,55,65H,1-10H3;/q-3;. The van der Waals surface area contributed by atoms with Crippen molar-refractivity contribution in [3.05, 3.63) is 228 Å². The fraction of sp³-hybridized carbons (Fsp3) is 0.238. The van der Waals surface area contributed by atoms with Crippen molar-refractivity contribution >= 4 is 38.9 Å². The van der Waals surface area contributed by atoms with Gasteiger partial charge >= 0.3 is 0 Å². The quantitative estimate of drug-likeness (QED) is 0.139. The zero-order valence-electron chi connectivity index (χ0n) is 41.4. The first kappa shape index (κ1) is 47.6. The first-order valence-electron chi connectivity index (χ1n) is 23.9. The van der Waals surface area contributed by atoms with E-state index in [2.05, 4.69) is 260 Å². The van der Waals surface area contributed by atoms with Crippen LogP contribution in [0, 0.1) is 18.7 Å². The van der Waals surface area contributed by atoms with Crippen molar-refractivity contribution in [2.24, 2.45) is 0 Å². The summed E-state index contributed by atoms with van der Waals surface area (Å²) in [5.41, 5.74) is 13.0. The van der Waals surface area contributed by atoms with Crippen molar-refractivity contribution in [2.45, 2.75) is 96.9 Å². The summed E-state index contributed by atoms with van der Waals surface area (Å²) in [6, 6.07) is 66.1. The van der Waals surface area contributed by atoms with Gasteiger partial charge in [-0.25, -0.2) is 11.5 Å². The molecule has 9 aromatic rings. The van der Waals surface area contributed by atoms with Crippen LogP contribution in [0.1, 0.15) is 114 Å². The maximum Gasteiger partial charge on any atom is 0.135 e. The third kappa shape index (κ3) is 9.15. The van der Waals surface area contributed by atoms with Gasteiger partial charge in [-0.2, -0.15) is 6.07 Å². The molecule has 0 saturated heterocycles. The molecule has 7 aromatic carbocycles. The van der Waals surface area contributed by atoms with Gasteiger partial charge in [-0.3, -0.25) is 0 Å². The van der Waals surface area contributed by atoms with Crippen LogP contribution in [-0.2, 0) is 42.7 Å². The van der Waals surface area contributed by atoms with Crippen LogP contribution in [0.25, 0.3) is 27.6 Å². The van der Waals surface area contributed by atoms with Gasteiger partial charge < -0.3 is 19.5 Å². The van der Waals surface area contributed by atoms with Gasteiger partial charge in [-0.15, -0.1) is 47.0 Å². The summed E-state index contributed by atoms with van der Waals surface area (Å²) in [6.07, 6.45) is 1.91. The first-order valence-corrected chi connectivity index (χ1v) is 23.9. The minimum absolute atomic E-state index is 0. The molecule has 0 fully saturated rings. The van der Waals surface area contributed by atoms with Gasteiger partial charge in [-0.05, 0) is 86.0 Å². The topological polar surface area (TPSA) is 42.3 Å². The second-order valence-corrected chi connectivity index (χ2v) is 21.5. The summed E-state index contributed by atoms with van der Waals surface area (Å²) in [7, 11) is 0. The molecular weight excluding hydrogens is 1020 g/mol. The number of nitrogens with one attached hydrogen (secondary N) is 1. The number of hydrogen-bond donors (Lipinski definition) is 1. The van der Waals surface area contributed by atoms with Crippen LogP contribution in [0.3, 0.4) is 0 Å². The molecule has 1 unspecified atom stereocenters. The SMILES string of the molecule is CC(C)(C)c1cc(Oc2[c-]c3c(cc2)c2ccccc2n3-c2cc(C(C)(C)C)ccn2)[c-]c(N2[CH-]C(Nc3cc(C(C)(C)c4ccccc4)cc(C(C)(C)c4ccccc4)c3)c3ccccc32)c1.[Pt]. The van der Waals surface area contributed by atoms with E-state index < -0.39 is 0 Å². The number of para-hydroxylation sites is 2. The van der Waals surface area contributed by atoms with Crippen molar-refractivity contribution in [1.29, 1.82) is 0 Å². The van der Waals surface area contributed by atoms with E-state index in [0.29, 0.717) is 11.5 Å². The average Bonchev–Trinajstić information content (AvgIpc) is 3.86. The molecule has 5 nitrogen and oxygen atoms in total. The Labute approximate surface area is 423 Å². The predicted octanol–water partition coefficient (Wildman–Crippen LogP) is 16.3. The van der Waals surface area contributed by atoms with Crippen molar-refractivity contribution in [1.82, 2.24) is 9.55 Å². The molecule has 0 aliphatic carbocycles. The molecule has 1 aliphatic rings. The molecule has 6 heteroatoms. The smallest absolute Gasteiger partial charge is 0.135 e. The minimum Gasteiger partial charge on any atom is -0.512 e. The Morgan fingerprint density at radius 2 is 1.14 bits per heavy atom. The zero-order chi connectivity index (χ0) is 47.6. The number of fused-ring (bicyclic) bond motifs is 4. The number of hydrogen-bond acceptors (Lipinski definition) is 4. The molecule has 69 heavy (non-hydrogen) atoms. The van der Waals surface area contributed by atoms with Gasteiger partial charge in [0.1, 0.15) is 5.82 Å². The summed E-state index contributed by atoms with van der Waals surface area (Å²) >= 11 is 0. The number of nitrogens with zero attached hydrogens (tertiary/aromatic N) is 3. The maximum atomic E-state index is 6.86. The van der Waals surface area contributed by atoms with Crippen molar-refractivity contribution in [2.75, 3.05) is 10.2 Å². The molecule has 1 atom stereocenters. The van der Waals surface area contributed by atoms with Crippen molar-refractivity contribution in [3.8, 4) is 17.3 Å². The summed E-state index contributed by atoms with van der Waals surface area (Å²) < 4.78 is 9.07. The Morgan fingerprint density at radius 1 is 0.536 bits per heavy atom. The number of rotatable bonds is 10. The van der Waals surface area contributed by atoms with E-state index in [-0.39, 0.29) is 48.8 Å². The maximum absolute atomic E-state index is 6.86. The van der Waals surface area contributed by atoms with Crippen LogP contribution >= 0.6 is 0 Å². The van der Waals surface area contributed by atoms with E-state index in [1.54, 1.807) is 0 Å². The molecule has 3 heterocycles. The van der Waals surface area contributed by atoms with E-state index in [0.717, 1.165) is 50.2 Å². The second kappa shape index (κ2) is 18.2. The predicted molar refractivity (Wildman–Crippen MR) is 283 cm³/mol. The van der Waals surface area contributed by atoms with E-state index in [4.69, 9.17) is 9.72 Å². The second-order valence-electron chi connectivity index (χ2n) is 21.5. The summed E-state index contributed by atoms with van der Waals surface area (Å²) in [5, 5.41) is 6.27. The van der Waals surface area contributed by atoms with Crippen LogP contribution < -0.4 is 15.0 Å². The molecule has 10 rings (SSSR count). The van der Waals surface area contributed by atoms with Crippen molar-refractivity contribution in [3.63, 3.8) is 0 Å². The van der Waals surface area contributed by atoms with E-state index >= 15 is 0 Å². The number of benzene rings is 7. The van der Waals surface area contributed by atoms with Crippen molar-refractivity contribution < 1.29 is 25.8 Å². The van der Waals surface area contributed by atoms with Gasteiger partial charge in [0.25, 0.3) is 0 Å². The molecule has 352 valence electrons. The monoisotopic (exact) mass is 1080 g/mol. The molecule has 0 radical (unpaired) electrons. The number of pyridine rings is 1. The number of ether oxygens (including phenoxy) is 1. The fourth-order valence-corrected chi connectivity index (χ4v) is 9.70. The number of anilines is 3. The van der Waals surface area contributed by atoms with Gasteiger partial charge in [0.15, 0.2) is 0 Å². The third-order valence-electron chi connectivity index (χ3n) is 14.1. The van der Waals surface area contributed by atoms with Gasteiger partial charge in [0, 0.05) is 66.5 Å². The van der Waals surface area contributed by atoms with Crippen LogP contribution in [0.5, 0.6) is 11.5 Å². The normalized spacial score (nSPS) is 14.2. The Hall–Kier alpha value is -6.42. The van der Waals surface area contributed by atoms with Crippen LogP contribution in [0.4, 0.5) is 17.1 Å². The van der Waals surface area contributed by atoms with Gasteiger partial charge in [-0.1, -0.05) is 184 Å².